The van der Waals surface area contributed by atoms with E-state index >= 15 is 0 Å². The van der Waals surface area contributed by atoms with Gasteiger partial charge in [-0.25, -0.2) is 4.79 Å². The molecule has 0 rings (SSSR count). The van der Waals surface area contributed by atoms with Gasteiger partial charge in [0.2, 0.25) is 0 Å². The van der Waals surface area contributed by atoms with Gasteiger partial charge in [0.25, 0.3) is 0 Å². The fourth-order valence-electron chi connectivity index (χ4n) is 1.19. The summed E-state index contributed by atoms with van der Waals surface area (Å²) in [4.78, 5) is 22.5. The van der Waals surface area contributed by atoms with Gasteiger partial charge in [0.15, 0.2) is 0 Å². The summed E-state index contributed by atoms with van der Waals surface area (Å²) in [6.07, 6.45) is 1.04. The molecule has 100 valence electrons. The highest BCUT2D eigenvalue weighted by Crippen LogP contribution is 2.06. The van der Waals surface area contributed by atoms with Crippen molar-refractivity contribution < 1.29 is 19.1 Å². The molecule has 0 spiro atoms. The molecule has 0 aromatic carbocycles. The SMILES string of the molecule is CCCC(C)OC(=O)CNC(=O)OC(C)(C)C. The minimum atomic E-state index is -0.613. The van der Waals surface area contributed by atoms with E-state index in [4.69, 9.17) is 9.47 Å². The Morgan fingerprint density at radius 3 is 2.35 bits per heavy atom. The number of carbonyl (C=O) groups excluding carboxylic acids is 2. The zero-order valence-electron chi connectivity index (χ0n) is 11.3. The number of ether oxygens (including phenoxy) is 2. The monoisotopic (exact) mass is 245 g/mol. The van der Waals surface area contributed by atoms with E-state index in [-0.39, 0.29) is 12.6 Å². The third-order valence-corrected chi connectivity index (χ3v) is 1.80. The molecule has 0 saturated carbocycles. The van der Waals surface area contributed by atoms with E-state index in [1.807, 2.05) is 13.8 Å². The lowest BCUT2D eigenvalue weighted by molar-refractivity contribution is -0.147. The van der Waals surface area contributed by atoms with Crippen LogP contribution >= 0.6 is 0 Å². The highest BCUT2D eigenvalue weighted by Gasteiger charge is 2.17. The van der Waals surface area contributed by atoms with Crippen LogP contribution in [0.2, 0.25) is 0 Å². The van der Waals surface area contributed by atoms with Crippen LogP contribution in [0.5, 0.6) is 0 Å². The fourth-order valence-corrected chi connectivity index (χ4v) is 1.19. The van der Waals surface area contributed by atoms with Gasteiger partial charge in [0, 0.05) is 0 Å². The number of hydrogen-bond acceptors (Lipinski definition) is 4. The average molecular weight is 245 g/mol. The quantitative estimate of drug-likeness (QED) is 0.754. The molecule has 0 aliphatic rings. The first-order valence-corrected chi connectivity index (χ1v) is 5.91. The van der Waals surface area contributed by atoms with Crippen molar-refractivity contribution in [3.8, 4) is 0 Å². The summed E-state index contributed by atoms with van der Waals surface area (Å²) in [5.41, 5.74) is -0.566. The minimum Gasteiger partial charge on any atom is -0.461 e. The number of esters is 1. The van der Waals surface area contributed by atoms with E-state index in [9.17, 15) is 9.59 Å². The lowest BCUT2D eigenvalue weighted by Gasteiger charge is -2.19. The Kier molecular flexibility index (Phi) is 6.61. The molecule has 0 aromatic heterocycles. The average Bonchev–Trinajstić information content (AvgIpc) is 2.12. The smallest absolute Gasteiger partial charge is 0.408 e. The summed E-state index contributed by atoms with van der Waals surface area (Å²) in [5, 5.41) is 2.35. The largest absolute Gasteiger partial charge is 0.461 e. The molecule has 0 aliphatic heterocycles. The van der Waals surface area contributed by atoms with Crippen LogP contribution in [0.15, 0.2) is 0 Å². The van der Waals surface area contributed by atoms with E-state index in [0.717, 1.165) is 12.8 Å². The van der Waals surface area contributed by atoms with Gasteiger partial charge in [-0.3, -0.25) is 4.79 Å². The summed E-state index contributed by atoms with van der Waals surface area (Å²) in [6, 6.07) is 0. The predicted molar refractivity (Wildman–Crippen MR) is 64.7 cm³/mol. The van der Waals surface area contributed by atoms with Gasteiger partial charge >= 0.3 is 12.1 Å². The van der Waals surface area contributed by atoms with Crippen molar-refractivity contribution in [2.75, 3.05) is 6.54 Å². The number of amides is 1. The Morgan fingerprint density at radius 2 is 1.88 bits per heavy atom. The molecule has 0 fully saturated rings. The van der Waals surface area contributed by atoms with Crippen LogP contribution in [0.4, 0.5) is 4.79 Å². The first kappa shape index (κ1) is 15.7. The van der Waals surface area contributed by atoms with Crippen LogP contribution in [0.3, 0.4) is 0 Å². The van der Waals surface area contributed by atoms with Crippen molar-refractivity contribution in [3.05, 3.63) is 0 Å². The Morgan fingerprint density at radius 1 is 1.29 bits per heavy atom. The van der Waals surface area contributed by atoms with E-state index in [1.54, 1.807) is 20.8 Å². The Balaban J connectivity index is 3.81. The molecule has 0 heterocycles. The van der Waals surface area contributed by atoms with Crippen molar-refractivity contribution in [3.63, 3.8) is 0 Å². The summed E-state index contributed by atoms with van der Waals surface area (Å²) < 4.78 is 10.0. The second-order valence-corrected chi connectivity index (χ2v) is 4.94. The summed E-state index contributed by atoms with van der Waals surface area (Å²) in [7, 11) is 0. The normalized spacial score (nSPS) is 12.8. The zero-order chi connectivity index (χ0) is 13.5. The molecule has 5 nitrogen and oxygen atoms in total. The summed E-state index contributed by atoms with van der Waals surface area (Å²) >= 11 is 0. The summed E-state index contributed by atoms with van der Waals surface area (Å²) in [6.45, 7) is 8.96. The third kappa shape index (κ3) is 9.66. The van der Waals surface area contributed by atoms with Gasteiger partial charge in [0.05, 0.1) is 6.10 Å². The molecule has 1 atom stereocenters. The van der Waals surface area contributed by atoms with Gasteiger partial charge < -0.3 is 14.8 Å². The highest BCUT2D eigenvalue weighted by atomic mass is 16.6. The van der Waals surface area contributed by atoms with Crippen LogP contribution in [0, 0.1) is 0 Å². The van der Waals surface area contributed by atoms with Gasteiger partial charge in [0.1, 0.15) is 12.1 Å². The van der Waals surface area contributed by atoms with Crippen molar-refractivity contribution in [1.29, 1.82) is 0 Å². The molecule has 0 radical (unpaired) electrons. The second kappa shape index (κ2) is 7.14. The number of hydrogen-bond donors (Lipinski definition) is 1. The molecular weight excluding hydrogens is 222 g/mol. The maximum Gasteiger partial charge on any atom is 0.408 e. The molecule has 1 unspecified atom stereocenters. The van der Waals surface area contributed by atoms with E-state index < -0.39 is 17.7 Å². The molecule has 17 heavy (non-hydrogen) atoms. The first-order chi connectivity index (χ1) is 7.74. The first-order valence-electron chi connectivity index (χ1n) is 5.91. The zero-order valence-corrected chi connectivity index (χ0v) is 11.3. The molecule has 0 aromatic rings. The van der Waals surface area contributed by atoms with Crippen molar-refractivity contribution >= 4 is 12.1 Å². The highest BCUT2D eigenvalue weighted by molar-refractivity contribution is 5.78. The van der Waals surface area contributed by atoms with Crippen LogP contribution in [-0.4, -0.2) is 30.3 Å². The maximum atomic E-state index is 11.3. The predicted octanol–water partition coefficient (Wildman–Crippen LogP) is 2.24. The number of alkyl carbamates (subject to hydrolysis) is 1. The van der Waals surface area contributed by atoms with E-state index in [2.05, 4.69) is 5.32 Å². The molecule has 0 bridgehead atoms. The van der Waals surface area contributed by atoms with E-state index in [1.165, 1.54) is 0 Å². The molecule has 5 heteroatoms. The molecule has 1 N–H and O–H groups in total. The van der Waals surface area contributed by atoms with Crippen LogP contribution in [0.25, 0.3) is 0 Å². The molecule has 1 amide bonds. The number of nitrogens with one attached hydrogen (secondary N) is 1. The lowest BCUT2D eigenvalue weighted by atomic mass is 10.2. The standard InChI is InChI=1S/C12H23NO4/c1-6-7-9(2)16-10(14)8-13-11(15)17-12(3,4)5/h9H,6-8H2,1-5H3,(H,13,15). The fraction of sp³-hybridized carbons (Fsp3) is 0.833. The van der Waals surface area contributed by atoms with E-state index in [0.29, 0.717) is 0 Å². The van der Waals surface area contributed by atoms with Crippen LogP contribution < -0.4 is 5.32 Å². The van der Waals surface area contributed by atoms with Crippen LogP contribution in [0.1, 0.15) is 47.5 Å². The van der Waals surface area contributed by atoms with Gasteiger partial charge in [-0.1, -0.05) is 13.3 Å². The summed E-state index contributed by atoms with van der Waals surface area (Å²) in [5.74, 6) is -0.447. The van der Waals surface area contributed by atoms with Crippen molar-refractivity contribution in [1.82, 2.24) is 5.32 Å². The van der Waals surface area contributed by atoms with Gasteiger partial charge in [-0.2, -0.15) is 0 Å². The third-order valence-electron chi connectivity index (χ3n) is 1.80. The van der Waals surface area contributed by atoms with Crippen LogP contribution in [-0.2, 0) is 14.3 Å². The number of rotatable bonds is 5. The maximum absolute atomic E-state index is 11.3. The van der Waals surface area contributed by atoms with Crippen molar-refractivity contribution in [2.45, 2.75) is 59.2 Å². The van der Waals surface area contributed by atoms with Gasteiger partial charge in [-0.05, 0) is 34.1 Å². The number of carbonyl (C=O) groups is 2. The lowest BCUT2D eigenvalue weighted by Crippen LogP contribution is -2.36. The molecule has 0 aliphatic carbocycles. The Bertz CT molecular complexity index is 258. The Hall–Kier alpha value is -1.26. The molecule has 0 saturated heterocycles. The van der Waals surface area contributed by atoms with Gasteiger partial charge in [-0.15, -0.1) is 0 Å². The second-order valence-electron chi connectivity index (χ2n) is 4.94. The Labute approximate surface area is 103 Å². The van der Waals surface area contributed by atoms with Crippen molar-refractivity contribution in [2.24, 2.45) is 0 Å². The molecular formula is C12H23NO4. The topological polar surface area (TPSA) is 64.6 Å². The minimum absolute atomic E-state index is 0.118.